The minimum atomic E-state index is -4.80. The van der Waals surface area contributed by atoms with E-state index in [9.17, 15) is 26.9 Å². The zero-order chi connectivity index (χ0) is 40.0. The van der Waals surface area contributed by atoms with Crippen LogP contribution in [-0.2, 0) is 21.5 Å². The predicted molar refractivity (Wildman–Crippen MR) is 207 cm³/mol. The molecule has 8 rings (SSSR count). The van der Waals surface area contributed by atoms with Gasteiger partial charge < -0.3 is 39.4 Å². The summed E-state index contributed by atoms with van der Waals surface area (Å²) in [6.45, 7) is 0.934. The molecule has 0 spiro atoms. The second kappa shape index (κ2) is 14.6. The molecule has 0 radical (unpaired) electrons. The summed E-state index contributed by atoms with van der Waals surface area (Å²) in [6, 6.07) is 20.0. The van der Waals surface area contributed by atoms with Crippen molar-refractivity contribution in [1.82, 2.24) is 0 Å². The van der Waals surface area contributed by atoms with Gasteiger partial charge in [0.2, 0.25) is 19.3 Å². The molecule has 290 valence electrons. The Morgan fingerprint density at radius 1 is 0.860 bits per heavy atom. The monoisotopic (exact) mass is 812 g/mol. The molecule has 0 fully saturated rings. The fourth-order valence-corrected chi connectivity index (χ4v) is 7.25. The van der Waals surface area contributed by atoms with Crippen molar-refractivity contribution < 1.29 is 49.7 Å². The molecule has 0 aliphatic carbocycles. The Hall–Kier alpha value is -6.94. The van der Waals surface area contributed by atoms with E-state index in [1.54, 1.807) is 44.3 Å². The van der Waals surface area contributed by atoms with Crippen molar-refractivity contribution in [2.75, 3.05) is 31.7 Å². The molecule has 5 N–H and O–H groups in total. The van der Waals surface area contributed by atoms with Gasteiger partial charge in [-0.1, -0.05) is 18.2 Å². The first-order valence-corrected chi connectivity index (χ1v) is 19.1. The standard InChI is InChI=1S/C36H28N8O11S2/c1-18-10-20-13-30(57(48,49)50)34-35(31(20)23(37)11-18)53-17-52-28-15-22(7-9-25(28)40-42-34)44(45)43-21-6-8-24-27(14-21)51-16-54-36-32-19(4-3-5-26(32)38-2)12-29(55-56(46)47)33(36)41-39-24/h3-15,38H,16-17,37H2,1-2H3,(H,46,47)(H,48,49,50). The first-order chi connectivity index (χ1) is 27.4. The van der Waals surface area contributed by atoms with Crippen molar-refractivity contribution in [3.05, 3.63) is 89.6 Å². The van der Waals surface area contributed by atoms with Crippen LogP contribution in [0.1, 0.15) is 5.56 Å². The summed E-state index contributed by atoms with van der Waals surface area (Å²) < 4.78 is 84.9. The molecule has 0 saturated heterocycles. The van der Waals surface area contributed by atoms with Gasteiger partial charge in [0.15, 0.2) is 34.4 Å². The summed E-state index contributed by atoms with van der Waals surface area (Å²) in [4.78, 5) is -0.225. The highest BCUT2D eigenvalue weighted by atomic mass is 32.2. The molecule has 19 nitrogen and oxygen atoms in total. The maximum atomic E-state index is 13.4. The first kappa shape index (κ1) is 37.0. The number of benzene rings is 6. The summed E-state index contributed by atoms with van der Waals surface area (Å²) in [7, 11) is -3.07. The Morgan fingerprint density at radius 3 is 2.25 bits per heavy atom. The van der Waals surface area contributed by atoms with Crippen LogP contribution < -0.4 is 34.2 Å². The topological polar surface area (TPSA) is 264 Å². The lowest BCUT2D eigenvalue weighted by Crippen LogP contribution is -2.08. The van der Waals surface area contributed by atoms with Crippen molar-refractivity contribution in [1.29, 1.82) is 0 Å². The molecule has 2 heterocycles. The van der Waals surface area contributed by atoms with E-state index in [4.69, 9.17) is 28.9 Å². The molecule has 6 aromatic carbocycles. The fourth-order valence-electron chi connectivity index (χ4n) is 6.32. The highest BCUT2D eigenvalue weighted by Crippen LogP contribution is 2.49. The molecule has 6 aromatic rings. The van der Waals surface area contributed by atoms with Gasteiger partial charge in [0.1, 0.15) is 27.6 Å². The summed E-state index contributed by atoms with van der Waals surface area (Å²) >= 11 is -2.68. The molecule has 57 heavy (non-hydrogen) atoms. The van der Waals surface area contributed by atoms with Gasteiger partial charge in [-0.25, -0.2) is 0 Å². The fraction of sp³-hybridized carbons (Fsp3) is 0.111. The Labute approximate surface area is 324 Å². The van der Waals surface area contributed by atoms with Crippen molar-refractivity contribution in [2.45, 2.75) is 11.8 Å². The number of anilines is 2. The molecular formula is C36H28N8O11S2. The lowest BCUT2D eigenvalue weighted by molar-refractivity contribution is -0.435. The van der Waals surface area contributed by atoms with Crippen molar-refractivity contribution >= 4 is 88.5 Å². The minimum Gasteiger partial charge on any atom is -0.594 e. The van der Waals surface area contributed by atoms with Crippen LogP contribution in [-0.4, -0.2) is 47.2 Å². The molecule has 2 aliphatic rings. The number of azo groups is 3. The minimum absolute atomic E-state index is 0.00783. The molecular weight excluding hydrogens is 785 g/mol. The van der Waals surface area contributed by atoms with Gasteiger partial charge in [0.05, 0.1) is 6.07 Å². The van der Waals surface area contributed by atoms with E-state index in [-0.39, 0.29) is 75.4 Å². The number of fused-ring (bicyclic) bond motifs is 8. The van der Waals surface area contributed by atoms with E-state index in [0.717, 1.165) is 5.56 Å². The SMILES string of the molecule is CNc1cccc2cc(OS(=O)O)c3c(c12)OCOc1cc(N=[N+]([O-])c2ccc4c(c2)OCOc2c(c(S(=O)(=O)O)cc5cc(C)cc(N)c25)N=N4)ccc1N=N3. The summed E-state index contributed by atoms with van der Waals surface area (Å²) in [5.74, 6) is 0.236. The summed E-state index contributed by atoms with van der Waals surface area (Å²) in [5.41, 5.74) is 8.22. The Morgan fingerprint density at radius 2 is 1.54 bits per heavy atom. The average molecular weight is 813 g/mol. The van der Waals surface area contributed by atoms with Gasteiger partial charge in [-0.15, -0.1) is 20.5 Å². The normalized spacial score (nSPS) is 14.3. The molecule has 0 saturated carbocycles. The number of nitrogens with two attached hydrogens (primary N) is 1. The largest absolute Gasteiger partial charge is 0.594 e. The van der Waals surface area contributed by atoms with Gasteiger partial charge in [-0.05, 0) is 70.6 Å². The van der Waals surface area contributed by atoms with Crippen LogP contribution in [0.25, 0.3) is 21.5 Å². The van der Waals surface area contributed by atoms with Crippen LogP contribution >= 0.6 is 0 Å². The van der Waals surface area contributed by atoms with Crippen LogP contribution in [0.4, 0.5) is 45.5 Å². The first-order valence-electron chi connectivity index (χ1n) is 16.6. The number of ether oxygens (including phenoxy) is 4. The number of aryl methyl sites for hydroxylation is 1. The van der Waals surface area contributed by atoms with Crippen molar-refractivity contribution in [3.8, 4) is 28.7 Å². The summed E-state index contributed by atoms with van der Waals surface area (Å²) in [6.07, 6.45) is 0. The quantitative estimate of drug-likeness (QED) is 0.0306. The third kappa shape index (κ3) is 7.17. The molecule has 0 amide bonds. The lowest BCUT2D eigenvalue weighted by Gasteiger charge is -2.16. The Bertz CT molecular complexity index is 2890. The van der Waals surface area contributed by atoms with Crippen LogP contribution in [0.2, 0.25) is 0 Å². The van der Waals surface area contributed by atoms with E-state index in [2.05, 4.69) is 30.9 Å². The maximum absolute atomic E-state index is 13.4. The highest BCUT2D eigenvalue weighted by Gasteiger charge is 2.27. The van der Waals surface area contributed by atoms with E-state index < -0.39 is 33.2 Å². The van der Waals surface area contributed by atoms with E-state index in [0.29, 0.717) is 32.1 Å². The molecule has 0 aromatic heterocycles. The second-order valence-corrected chi connectivity index (χ2v) is 14.4. The van der Waals surface area contributed by atoms with E-state index in [1.165, 1.54) is 42.5 Å². The van der Waals surface area contributed by atoms with Crippen molar-refractivity contribution in [2.24, 2.45) is 25.6 Å². The van der Waals surface area contributed by atoms with Crippen LogP contribution in [0.3, 0.4) is 0 Å². The number of hydrogen-bond donors (Lipinski definition) is 4. The number of nitrogens with zero attached hydrogens (tertiary/aromatic N) is 6. The third-order valence-electron chi connectivity index (χ3n) is 8.74. The molecule has 1 atom stereocenters. The average Bonchev–Trinajstić information content (AvgIpc) is 3.31. The number of rotatable bonds is 6. The zero-order valence-electron chi connectivity index (χ0n) is 29.6. The molecule has 2 aliphatic heterocycles. The number of nitrogens with one attached hydrogen (secondary N) is 1. The lowest BCUT2D eigenvalue weighted by atomic mass is 10.0. The number of nitrogen functional groups attached to an aromatic ring is 1. The van der Waals surface area contributed by atoms with Crippen LogP contribution in [0, 0.1) is 12.1 Å². The van der Waals surface area contributed by atoms with Gasteiger partial charge in [0.25, 0.3) is 10.1 Å². The second-order valence-electron chi connectivity index (χ2n) is 12.4. The Balaban J connectivity index is 1.10. The zero-order valence-corrected chi connectivity index (χ0v) is 31.2. The molecule has 21 heteroatoms. The van der Waals surface area contributed by atoms with Crippen LogP contribution in [0.15, 0.2) is 109 Å². The third-order valence-corrected chi connectivity index (χ3v) is 9.93. The molecule has 1 unspecified atom stereocenters. The van der Waals surface area contributed by atoms with Crippen molar-refractivity contribution in [3.63, 3.8) is 0 Å². The van der Waals surface area contributed by atoms with Gasteiger partial charge in [-0.2, -0.15) is 12.6 Å². The smallest absolute Gasteiger partial charge is 0.357 e. The summed E-state index contributed by atoms with van der Waals surface area (Å²) in [5, 5.41) is 39.5. The Kier molecular flexibility index (Phi) is 9.49. The highest BCUT2D eigenvalue weighted by molar-refractivity contribution is 7.86. The predicted octanol–water partition coefficient (Wildman–Crippen LogP) is 8.90. The molecule has 0 bridgehead atoms. The van der Waals surface area contributed by atoms with E-state index >= 15 is 0 Å². The van der Waals surface area contributed by atoms with Gasteiger partial charge >= 0.3 is 11.4 Å². The van der Waals surface area contributed by atoms with Crippen LogP contribution in [0.5, 0.6) is 28.7 Å². The maximum Gasteiger partial charge on any atom is 0.357 e. The number of hydrogen-bond acceptors (Lipinski definition) is 16. The van der Waals surface area contributed by atoms with Gasteiger partial charge in [-0.3, -0.25) is 9.11 Å². The van der Waals surface area contributed by atoms with E-state index in [1.807, 2.05) is 6.07 Å². The van der Waals surface area contributed by atoms with Gasteiger partial charge in [0, 0.05) is 46.4 Å².